The summed E-state index contributed by atoms with van der Waals surface area (Å²) >= 11 is 0. The first kappa shape index (κ1) is 47.0. The Hall–Kier alpha value is -0.0400. The van der Waals surface area contributed by atoms with Crippen molar-refractivity contribution in [2.24, 2.45) is 0 Å². The largest absolute Gasteiger partial charge is 0.298 e. The summed E-state index contributed by atoms with van der Waals surface area (Å²) in [5.41, 5.74) is 0.372. The lowest BCUT2D eigenvalue weighted by Crippen LogP contribution is -2.45. The molecule has 0 amide bonds. The van der Waals surface area contributed by atoms with Gasteiger partial charge in [-0.1, -0.05) is 245 Å². The molecule has 1 heteroatoms. The highest BCUT2D eigenvalue weighted by molar-refractivity contribution is 4.81. The van der Waals surface area contributed by atoms with Crippen LogP contribution in [0.4, 0.5) is 0 Å². The molecule has 0 rings (SSSR count). The van der Waals surface area contributed by atoms with E-state index < -0.39 is 0 Å². The average molecular weight is 662 g/mol. The lowest BCUT2D eigenvalue weighted by Gasteiger charge is -2.39. The zero-order valence-corrected chi connectivity index (χ0v) is 34.2. The Labute approximate surface area is 301 Å². The van der Waals surface area contributed by atoms with Gasteiger partial charge in [0.05, 0.1) is 0 Å². The van der Waals surface area contributed by atoms with E-state index in [2.05, 4.69) is 39.5 Å². The van der Waals surface area contributed by atoms with Crippen molar-refractivity contribution in [2.45, 2.75) is 284 Å². The van der Waals surface area contributed by atoms with E-state index in [1.807, 2.05) is 0 Å². The highest BCUT2D eigenvalue weighted by atomic mass is 15.2. The molecule has 0 aliphatic carbocycles. The minimum atomic E-state index is 0.372. The molecule has 0 saturated heterocycles. The summed E-state index contributed by atoms with van der Waals surface area (Å²) in [5, 5.41) is 0. The van der Waals surface area contributed by atoms with Crippen LogP contribution in [0.2, 0.25) is 0 Å². The second-order valence-corrected chi connectivity index (χ2v) is 16.6. The zero-order chi connectivity index (χ0) is 34.4. The summed E-state index contributed by atoms with van der Waals surface area (Å²) in [6, 6.07) is 0. The molecule has 0 saturated carbocycles. The molecular weight excluding hydrogens is 567 g/mol. The van der Waals surface area contributed by atoms with Crippen LogP contribution < -0.4 is 0 Å². The fraction of sp³-hybridized carbons (Fsp3) is 1.00. The number of hydrogen-bond acceptors (Lipinski definition) is 1. The quantitative estimate of drug-likeness (QED) is 0.0589. The summed E-state index contributed by atoms with van der Waals surface area (Å²) in [4.78, 5) is 2.92. The standard InChI is InChI=1S/C46H95N/c1-6-9-12-15-17-19-21-23-25-27-29-31-33-35-38-41-44-47(46(4,5)43-40-37-14-11-8-3)45-42-39-36-34-32-30-28-26-24-22-20-18-16-13-10-7-2/h6-45H2,1-5H3. The first-order chi connectivity index (χ1) is 23.1. The molecule has 0 aliphatic heterocycles. The topological polar surface area (TPSA) is 3.24 Å². The monoisotopic (exact) mass is 662 g/mol. The van der Waals surface area contributed by atoms with Gasteiger partial charge in [0.25, 0.3) is 0 Å². The Kier molecular flexibility index (Phi) is 38.7. The first-order valence-corrected chi connectivity index (χ1v) is 22.8. The fourth-order valence-electron chi connectivity index (χ4n) is 7.74. The van der Waals surface area contributed by atoms with Crippen LogP contribution in [0.15, 0.2) is 0 Å². The molecule has 47 heavy (non-hydrogen) atoms. The van der Waals surface area contributed by atoms with Gasteiger partial charge in [-0.25, -0.2) is 0 Å². The van der Waals surface area contributed by atoms with Crippen molar-refractivity contribution in [3.63, 3.8) is 0 Å². The summed E-state index contributed by atoms with van der Waals surface area (Å²) in [6.07, 6.45) is 55.2. The molecule has 0 radical (unpaired) electrons. The van der Waals surface area contributed by atoms with Gasteiger partial charge in [-0.05, 0) is 46.2 Å². The van der Waals surface area contributed by atoms with Gasteiger partial charge in [-0.15, -0.1) is 0 Å². The van der Waals surface area contributed by atoms with Gasteiger partial charge in [0, 0.05) is 5.54 Å². The number of nitrogens with zero attached hydrogens (tertiary/aromatic N) is 1. The van der Waals surface area contributed by atoms with Gasteiger partial charge >= 0.3 is 0 Å². The highest BCUT2D eigenvalue weighted by Crippen LogP contribution is 2.25. The summed E-state index contributed by atoms with van der Waals surface area (Å²) in [5.74, 6) is 0. The Morgan fingerprint density at radius 2 is 0.447 bits per heavy atom. The van der Waals surface area contributed by atoms with Crippen molar-refractivity contribution in [2.75, 3.05) is 13.1 Å². The molecule has 0 heterocycles. The molecule has 0 fully saturated rings. The minimum absolute atomic E-state index is 0.372. The van der Waals surface area contributed by atoms with Crippen LogP contribution in [-0.4, -0.2) is 23.5 Å². The predicted molar refractivity (Wildman–Crippen MR) is 218 cm³/mol. The van der Waals surface area contributed by atoms with Crippen LogP contribution in [0.25, 0.3) is 0 Å². The minimum Gasteiger partial charge on any atom is -0.298 e. The van der Waals surface area contributed by atoms with E-state index in [1.54, 1.807) is 0 Å². The predicted octanol–water partition coefficient (Wildman–Crippen LogP) is 17.0. The second-order valence-electron chi connectivity index (χ2n) is 16.6. The van der Waals surface area contributed by atoms with Crippen LogP contribution in [0, 0.1) is 0 Å². The average Bonchev–Trinajstić information content (AvgIpc) is 3.06. The Balaban J connectivity index is 3.98. The maximum atomic E-state index is 2.92. The van der Waals surface area contributed by atoms with Crippen molar-refractivity contribution in [3.8, 4) is 0 Å². The molecule has 0 unspecified atom stereocenters. The smallest absolute Gasteiger partial charge is 0.0153 e. The van der Waals surface area contributed by atoms with Crippen LogP contribution in [0.5, 0.6) is 0 Å². The maximum Gasteiger partial charge on any atom is 0.0153 e. The van der Waals surface area contributed by atoms with Crippen molar-refractivity contribution in [3.05, 3.63) is 0 Å². The maximum absolute atomic E-state index is 2.92. The van der Waals surface area contributed by atoms with E-state index in [4.69, 9.17) is 0 Å². The Morgan fingerprint density at radius 3 is 0.681 bits per heavy atom. The number of unbranched alkanes of at least 4 members (excludes halogenated alkanes) is 34. The van der Waals surface area contributed by atoms with E-state index in [0.717, 1.165) is 0 Å². The van der Waals surface area contributed by atoms with Gasteiger partial charge < -0.3 is 0 Å². The molecule has 0 atom stereocenters. The highest BCUT2D eigenvalue weighted by Gasteiger charge is 2.25. The van der Waals surface area contributed by atoms with Gasteiger partial charge in [0.2, 0.25) is 0 Å². The molecule has 0 aliphatic rings. The fourth-order valence-corrected chi connectivity index (χ4v) is 7.74. The van der Waals surface area contributed by atoms with Crippen molar-refractivity contribution in [1.82, 2.24) is 4.90 Å². The van der Waals surface area contributed by atoms with E-state index in [9.17, 15) is 0 Å². The summed E-state index contributed by atoms with van der Waals surface area (Å²) < 4.78 is 0. The van der Waals surface area contributed by atoms with E-state index in [1.165, 1.54) is 257 Å². The molecule has 1 nitrogen and oxygen atoms in total. The Bertz CT molecular complexity index is 517. The van der Waals surface area contributed by atoms with Crippen molar-refractivity contribution in [1.29, 1.82) is 0 Å². The van der Waals surface area contributed by atoms with E-state index in [-0.39, 0.29) is 0 Å². The van der Waals surface area contributed by atoms with Crippen molar-refractivity contribution >= 4 is 0 Å². The SMILES string of the molecule is CCCCCCCCCCCCCCCCCCN(CCCCCCCCCCCCCCCCCC)C(C)(C)CCCCCCC. The van der Waals surface area contributed by atoms with E-state index in [0.29, 0.717) is 5.54 Å². The zero-order valence-electron chi connectivity index (χ0n) is 34.2. The molecule has 0 spiro atoms. The first-order valence-electron chi connectivity index (χ1n) is 22.8. The van der Waals surface area contributed by atoms with E-state index >= 15 is 0 Å². The van der Waals surface area contributed by atoms with Gasteiger partial charge in [0.15, 0.2) is 0 Å². The van der Waals surface area contributed by atoms with Gasteiger partial charge in [0.1, 0.15) is 0 Å². The number of hydrogen-bond donors (Lipinski definition) is 0. The summed E-state index contributed by atoms with van der Waals surface area (Å²) in [6.45, 7) is 14.8. The molecule has 284 valence electrons. The lowest BCUT2D eigenvalue weighted by atomic mass is 9.93. The Morgan fingerprint density at radius 1 is 0.255 bits per heavy atom. The normalized spacial score (nSPS) is 12.1. The molecule has 0 aromatic rings. The van der Waals surface area contributed by atoms with Gasteiger partial charge in [-0.2, -0.15) is 0 Å². The van der Waals surface area contributed by atoms with Crippen LogP contribution in [0.3, 0.4) is 0 Å². The molecule has 0 aromatic heterocycles. The molecule has 0 bridgehead atoms. The van der Waals surface area contributed by atoms with Crippen LogP contribution in [0.1, 0.15) is 279 Å². The third-order valence-corrected chi connectivity index (χ3v) is 11.3. The third-order valence-electron chi connectivity index (χ3n) is 11.3. The molecular formula is C46H95N. The van der Waals surface area contributed by atoms with Crippen LogP contribution in [-0.2, 0) is 0 Å². The molecule has 0 N–H and O–H groups in total. The van der Waals surface area contributed by atoms with Gasteiger partial charge in [-0.3, -0.25) is 4.90 Å². The lowest BCUT2D eigenvalue weighted by molar-refractivity contribution is 0.102. The second kappa shape index (κ2) is 38.8. The van der Waals surface area contributed by atoms with Crippen molar-refractivity contribution < 1.29 is 0 Å². The number of rotatable bonds is 41. The summed E-state index contributed by atoms with van der Waals surface area (Å²) in [7, 11) is 0. The molecule has 0 aromatic carbocycles. The van der Waals surface area contributed by atoms with Crippen LogP contribution >= 0.6 is 0 Å². The third kappa shape index (κ3) is 35.6.